The second kappa shape index (κ2) is 12.6. The van der Waals surface area contributed by atoms with E-state index in [1.165, 1.54) is 7.11 Å². The van der Waals surface area contributed by atoms with Crippen LogP contribution in [0.1, 0.15) is 32.8 Å². The molecule has 0 spiro atoms. The van der Waals surface area contributed by atoms with E-state index >= 15 is 0 Å². The number of anilines is 1. The number of alkyl carbamates (subject to hydrolysis) is 1. The highest BCUT2D eigenvalue weighted by Gasteiger charge is 2.25. The average molecular weight is 478 g/mol. The van der Waals surface area contributed by atoms with Crippen LogP contribution in [0, 0.1) is 0 Å². The topological polar surface area (TPSA) is 141 Å². The van der Waals surface area contributed by atoms with Gasteiger partial charge in [0.25, 0.3) is 6.47 Å². The summed E-state index contributed by atoms with van der Waals surface area (Å²) in [5, 5.41) is 8.01. The van der Waals surface area contributed by atoms with E-state index in [1.54, 1.807) is 45.0 Å². The molecule has 0 aliphatic carbocycles. The summed E-state index contributed by atoms with van der Waals surface area (Å²) in [6.45, 7) is 6.28. The Morgan fingerprint density at radius 3 is 2.47 bits per heavy atom. The van der Waals surface area contributed by atoms with E-state index in [1.807, 2.05) is 0 Å². The van der Waals surface area contributed by atoms with Gasteiger partial charge < -0.3 is 34.9 Å². The van der Waals surface area contributed by atoms with Crippen molar-refractivity contribution in [3.63, 3.8) is 0 Å². The molecule has 1 aromatic carbocycles. The number of ether oxygens (including phenoxy) is 4. The van der Waals surface area contributed by atoms with Crippen molar-refractivity contribution in [3.8, 4) is 0 Å². The fourth-order valence-corrected chi connectivity index (χ4v) is 3.09. The molecule has 1 aromatic rings. The van der Waals surface area contributed by atoms with Crippen molar-refractivity contribution in [3.05, 3.63) is 41.1 Å². The minimum Gasteiger partial charge on any atom is -0.467 e. The Labute approximate surface area is 198 Å². The van der Waals surface area contributed by atoms with Crippen molar-refractivity contribution in [1.82, 2.24) is 10.6 Å². The average Bonchev–Trinajstić information content (AvgIpc) is 2.77. The van der Waals surface area contributed by atoms with Crippen LogP contribution in [0.4, 0.5) is 15.3 Å². The minimum absolute atomic E-state index is 0.0481. The molecule has 11 heteroatoms. The van der Waals surface area contributed by atoms with Gasteiger partial charge in [-0.2, -0.15) is 0 Å². The Bertz CT molecular complexity index is 906. The van der Waals surface area contributed by atoms with Crippen LogP contribution in [-0.4, -0.2) is 63.1 Å². The van der Waals surface area contributed by atoms with Crippen LogP contribution in [0.2, 0.25) is 0 Å². The fourth-order valence-electron chi connectivity index (χ4n) is 3.09. The normalized spacial score (nSPS) is 14.5. The van der Waals surface area contributed by atoms with Gasteiger partial charge in [-0.1, -0.05) is 12.1 Å². The first-order valence-corrected chi connectivity index (χ1v) is 10.7. The number of benzene rings is 1. The standard InChI is InChI=1S/C23H31N3O8/c1-23(2,3)34-22(30)26-19(20(28)31-4)11-15-5-7-17(8-6-15)24-21(29)25-18-9-10-32-12-16(18)13-33-14-27/h5-8,14,19H,9-13H2,1-4H3,(H,26,30)(H2,24,25,29)/t19-/m0/s1. The Morgan fingerprint density at radius 1 is 1.15 bits per heavy atom. The SMILES string of the molecule is COC(=O)[C@H](Cc1ccc(NC(=O)NC2=C(COC=O)COCC2)cc1)NC(=O)OC(C)(C)C. The van der Waals surface area contributed by atoms with Crippen LogP contribution in [-0.2, 0) is 35.0 Å². The fraction of sp³-hybridized carbons (Fsp3) is 0.478. The summed E-state index contributed by atoms with van der Waals surface area (Å²) in [5.74, 6) is -0.605. The summed E-state index contributed by atoms with van der Waals surface area (Å²) in [5.41, 5.74) is 1.89. The lowest BCUT2D eigenvalue weighted by Crippen LogP contribution is -2.45. The molecule has 0 aromatic heterocycles. The number of esters is 1. The number of carbonyl (C=O) groups excluding carboxylic acids is 4. The predicted molar refractivity (Wildman–Crippen MR) is 122 cm³/mol. The maximum absolute atomic E-state index is 12.4. The van der Waals surface area contributed by atoms with Gasteiger partial charge in [0.1, 0.15) is 18.2 Å². The first-order chi connectivity index (χ1) is 16.1. The van der Waals surface area contributed by atoms with Crippen molar-refractivity contribution in [1.29, 1.82) is 0 Å². The number of rotatable bonds is 9. The monoisotopic (exact) mass is 477 g/mol. The number of hydrogen-bond acceptors (Lipinski definition) is 8. The van der Waals surface area contributed by atoms with Crippen LogP contribution in [0.25, 0.3) is 0 Å². The maximum Gasteiger partial charge on any atom is 0.408 e. The largest absolute Gasteiger partial charge is 0.467 e. The Hall–Kier alpha value is -3.60. The first-order valence-electron chi connectivity index (χ1n) is 10.7. The zero-order valence-corrected chi connectivity index (χ0v) is 19.8. The van der Waals surface area contributed by atoms with Gasteiger partial charge >= 0.3 is 18.1 Å². The van der Waals surface area contributed by atoms with Crippen LogP contribution in [0.15, 0.2) is 35.5 Å². The molecule has 0 saturated carbocycles. The summed E-state index contributed by atoms with van der Waals surface area (Å²) in [6.07, 6.45) is -0.0623. The van der Waals surface area contributed by atoms with Crippen LogP contribution < -0.4 is 16.0 Å². The molecular formula is C23H31N3O8. The highest BCUT2D eigenvalue weighted by molar-refractivity contribution is 5.90. The van der Waals surface area contributed by atoms with Crippen LogP contribution in [0.3, 0.4) is 0 Å². The van der Waals surface area contributed by atoms with E-state index in [0.717, 1.165) is 5.56 Å². The molecule has 2 rings (SSSR count). The first kappa shape index (κ1) is 26.7. The summed E-state index contributed by atoms with van der Waals surface area (Å²) < 4.78 is 20.1. The van der Waals surface area contributed by atoms with E-state index < -0.39 is 29.7 Å². The lowest BCUT2D eigenvalue weighted by molar-refractivity contribution is -0.143. The molecule has 3 amide bonds. The van der Waals surface area contributed by atoms with Crippen molar-refractivity contribution < 1.29 is 38.1 Å². The van der Waals surface area contributed by atoms with E-state index in [0.29, 0.717) is 36.5 Å². The molecule has 3 N–H and O–H groups in total. The smallest absolute Gasteiger partial charge is 0.408 e. The van der Waals surface area contributed by atoms with Crippen molar-refractivity contribution in [2.45, 2.75) is 45.3 Å². The van der Waals surface area contributed by atoms with E-state index in [4.69, 9.17) is 18.9 Å². The Morgan fingerprint density at radius 2 is 1.85 bits per heavy atom. The quantitative estimate of drug-likeness (QED) is 0.279. The maximum atomic E-state index is 12.4. The van der Waals surface area contributed by atoms with Gasteiger partial charge in [0, 0.05) is 29.8 Å². The molecule has 11 nitrogen and oxygen atoms in total. The third-order valence-corrected chi connectivity index (χ3v) is 4.62. The lowest BCUT2D eigenvalue weighted by atomic mass is 10.1. The summed E-state index contributed by atoms with van der Waals surface area (Å²) in [7, 11) is 1.24. The van der Waals surface area contributed by atoms with Crippen molar-refractivity contribution in [2.75, 3.05) is 32.2 Å². The molecule has 1 atom stereocenters. The molecule has 1 aliphatic rings. The predicted octanol–water partition coefficient (Wildman–Crippen LogP) is 2.26. The lowest BCUT2D eigenvalue weighted by Gasteiger charge is -2.22. The number of methoxy groups -OCH3 is 1. The second-order valence-corrected chi connectivity index (χ2v) is 8.49. The molecule has 0 saturated heterocycles. The molecular weight excluding hydrogens is 446 g/mol. The van der Waals surface area contributed by atoms with Gasteiger partial charge in [0.15, 0.2) is 0 Å². The van der Waals surface area contributed by atoms with Crippen LogP contribution in [0.5, 0.6) is 0 Å². The third-order valence-electron chi connectivity index (χ3n) is 4.62. The minimum atomic E-state index is -0.936. The molecule has 1 aliphatic heterocycles. The number of urea groups is 1. The number of carbonyl (C=O) groups is 4. The van der Waals surface area contributed by atoms with Gasteiger partial charge in [-0.15, -0.1) is 0 Å². The van der Waals surface area contributed by atoms with Gasteiger partial charge in [-0.3, -0.25) is 4.79 Å². The van der Waals surface area contributed by atoms with E-state index in [-0.39, 0.29) is 19.6 Å². The third kappa shape index (κ3) is 9.10. The summed E-state index contributed by atoms with van der Waals surface area (Å²) in [6, 6.07) is 5.40. The van der Waals surface area contributed by atoms with E-state index in [9.17, 15) is 19.2 Å². The molecule has 0 fully saturated rings. The zero-order valence-electron chi connectivity index (χ0n) is 19.8. The highest BCUT2D eigenvalue weighted by atomic mass is 16.6. The van der Waals surface area contributed by atoms with Gasteiger partial charge in [0.2, 0.25) is 0 Å². The van der Waals surface area contributed by atoms with Gasteiger partial charge in [-0.05, 0) is 38.5 Å². The Balaban J connectivity index is 1.97. The highest BCUT2D eigenvalue weighted by Crippen LogP contribution is 2.16. The zero-order chi connectivity index (χ0) is 25.1. The molecule has 1 heterocycles. The Kier molecular flexibility index (Phi) is 9.87. The van der Waals surface area contributed by atoms with Crippen LogP contribution >= 0.6 is 0 Å². The summed E-state index contributed by atoms with van der Waals surface area (Å²) in [4.78, 5) is 47.0. The molecule has 0 radical (unpaired) electrons. The molecule has 186 valence electrons. The molecule has 0 bridgehead atoms. The van der Waals surface area contributed by atoms with Crippen molar-refractivity contribution >= 4 is 30.3 Å². The molecule has 34 heavy (non-hydrogen) atoms. The number of nitrogens with one attached hydrogen (secondary N) is 3. The second-order valence-electron chi connectivity index (χ2n) is 8.49. The number of hydrogen-bond donors (Lipinski definition) is 3. The molecule has 0 unspecified atom stereocenters. The van der Waals surface area contributed by atoms with Gasteiger partial charge in [-0.25, -0.2) is 14.4 Å². The van der Waals surface area contributed by atoms with E-state index in [2.05, 4.69) is 16.0 Å². The van der Waals surface area contributed by atoms with Gasteiger partial charge in [0.05, 0.1) is 20.3 Å². The van der Waals surface area contributed by atoms with Crippen molar-refractivity contribution in [2.24, 2.45) is 0 Å². The number of amides is 3. The summed E-state index contributed by atoms with van der Waals surface area (Å²) >= 11 is 0.